The number of amides is 1. The molecule has 1 N–H and O–H groups in total. The van der Waals surface area contributed by atoms with E-state index < -0.39 is 22.5 Å². The second kappa shape index (κ2) is 7.74. The molecule has 0 aliphatic heterocycles. The Bertz CT molecular complexity index is 875. The number of nitrogens with zero attached hydrogens (tertiary/aromatic N) is 1. The van der Waals surface area contributed by atoms with Crippen molar-refractivity contribution in [3.8, 4) is 0 Å². The molecule has 0 spiro atoms. The number of benzene rings is 2. The van der Waals surface area contributed by atoms with Crippen molar-refractivity contribution in [1.29, 1.82) is 0 Å². The van der Waals surface area contributed by atoms with Crippen molar-refractivity contribution in [3.05, 3.63) is 57.0 Å². The quantitative estimate of drug-likeness (QED) is 0.741. The Balaban J connectivity index is 2.26. The van der Waals surface area contributed by atoms with Crippen molar-refractivity contribution in [2.75, 3.05) is 22.4 Å². The number of hydrogen-bond donors (Lipinski definition) is 1. The molecule has 0 fully saturated rings. The summed E-state index contributed by atoms with van der Waals surface area (Å²) in [7, 11) is -3.66. The van der Waals surface area contributed by atoms with E-state index >= 15 is 0 Å². The van der Waals surface area contributed by atoms with Gasteiger partial charge in [-0.1, -0.05) is 41.4 Å². The Hall–Kier alpha value is -1.28. The zero-order valence-corrected chi connectivity index (χ0v) is 16.4. The van der Waals surface area contributed by atoms with Gasteiger partial charge in [0, 0.05) is 4.47 Å². The molecule has 0 aromatic heterocycles. The Morgan fingerprint density at radius 1 is 1.17 bits per heavy atom. The van der Waals surface area contributed by atoms with Gasteiger partial charge in [-0.05, 0) is 40.2 Å². The minimum absolute atomic E-state index is 0.194. The molecule has 128 valence electrons. The van der Waals surface area contributed by atoms with E-state index in [0.29, 0.717) is 20.9 Å². The van der Waals surface area contributed by atoms with Crippen molar-refractivity contribution < 1.29 is 13.2 Å². The summed E-state index contributed by atoms with van der Waals surface area (Å²) in [5.41, 5.74) is 0.682. The molecule has 9 heteroatoms. The smallest absolute Gasteiger partial charge is 0.245 e. The molecule has 0 heterocycles. The number of carbonyl (C=O) groups excluding carboxylic acids is 1. The highest BCUT2D eigenvalue weighted by molar-refractivity contribution is 9.10. The molecule has 0 aliphatic carbocycles. The topological polar surface area (TPSA) is 66.5 Å². The van der Waals surface area contributed by atoms with Gasteiger partial charge in [0.1, 0.15) is 6.54 Å². The number of rotatable bonds is 5. The van der Waals surface area contributed by atoms with E-state index in [4.69, 9.17) is 23.2 Å². The first-order chi connectivity index (χ1) is 11.2. The molecule has 0 aliphatic rings. The zero-order chi connectivity index (χ0) is 17.9. The van der Waals surface area contributed by atoms with Gasteiger partial charge >= 0.3 is 0 Å². The summed E-state index contributed by atoms with van der Waals surface area (Å²) in [6.45, 7) is -0.399. The van der Waals surface area contributed by atoms with E-state index in [0.717, 1.165) is 10.6 Å². The van der Waals surface area contributed by atoms with Crippen LogP contribution in [0.1, 0.15) is 0 Å². The Morgan fingerprint density at radius 2 is 1.83 bits per heavy atom. The number of carbonyl (C=O) groups is 1. The summed E-state index contributed by atoms with van der Waals surface area (Å²) in [5, 5.41) is 3.05. The van der Waals surface area contributed by atoms with Gasteiger partial charge < -0.3 is 5.32 Å². The minimum Gasteiger partial charge on any atom is -0.323 e. The van der Waals surface area contributed by atoms with Crippen LogP contribution in [0.2, 0.25) is 10.0 Å². The number of sulfonamides is 1. The fraction of sp³-hybridized carbons (Fsp3) is 0.133. The molecule has 5 nitrogen and oxygen atoms in total. The van der Waals surface area contributed by atoms with Gasteiger partial charge in [-0.2, -0.15) is 0 Å². The third-order valence-corrected chi connectivity index (χ3v) is 5.65. The third-order valence-electron chi connectivity index (χ3n) is 3.03. The highest BCUT2D eigenvalue weighted by Gasteiger charge is 2.23. The summed E-state index contributed by atoms with van der Waals surface area (Å²) in [6.07, 6.45) is 1.03. The molecule has 0 radical (unpaired) electrons. The van der Waals surface area contributed by atoms with Crippen LogP contribution in [0.4, 0.5) is 11.4 Å². The van der Waals surface area contributed by atoms with Crippen molar-refractivity contribution in [2.45, 2.75) is 0 Å². The number of halogens is 3. The average Bonchev–Trinajstić information content (AvgIpc) is 2.49. The van der Waals surface area contributed by atoms with Crippen molar-refractivity contribution in [3.63, 3.8) is 0 Å². The minimum atomic E-state index is -3.66. The largest absolute Gasteiger partial charge is 0.323 e. The lowest BCUT2D eigenvalue weighted by Gasteiger charge is -2.23. The second-order valence-corrected chi connectivity index (χ2v) is 8.42. The molecule has 0 unspecified atom stereocenters. The maximum absolute atomic E-state index is 12.3. The molecule has 0 bridgehead atoms. The van der Waals surface area contributed by atoms with Crippen LogP contribution in [0.5, 0.6) is 0 Å². The molecule has 0 saturated carbocycles. The summed E-state index contributed by atoms with van der Waals surface area (Å²) in [6, 6.07) is 11.5. The van der Waals surface area contributed by atoms with E-state index in [1.165, 1.54) is 0 Å². The summed E-state index contributed by atoms with van der Waals surface area (Å²) < 4.78 is 25.7. The first-order valence-corrected chi connectivity index (χ1v) is 10.1. The van der Waals surface area contributed by atoms with E-state index in [1.54, 1.807) is 42.5 Å². The van der Waals surface area contributed by atoms with Crippen LogP contribution in [-0.4, -0.2) is 27.1 Å². The van der Waals surface area contributed by atoms with Crippen LogP contribution in [0.25, 0.3) is 0 Å². The normalized spacial score (nSPS) is 11.2. The molecule has 2 aromatic carbocycles. The van der Waals surface area contributed by atoms with Gasteiger partial charge in [0.05, 0.1) is 27.7 Å². The zero-order valence-electron chi connectivity index (χ0n) is 12.5. The van der Waals surface area contributed by atoms with Crippen molar-refractivity contribution in [2.24, 2.45) is 0 Å². The van der Waals surface area contributed by atoms with E-state index in [-0.39, 0.29) is 5.02 Å². The maximum atomic E-state index is 12.3. The van der Waals surface area contributed by atoms with E-state index in [2.05, 4.69) is 21.2 Å². The Labute approximate surface area is 158 Å². The fourth-order valence-electron chi connectivity index (χ4n) is 1.96. The van der Waals surface area contributed by atoms with Gasteiger partial charge in [-0.3, -0.25) is 9.10 Å². The number of para-hydroxylation sites is 1. The van der Waals surface area contributed by atoms with Gasteiger partial charge in [-0.25, -0.2) is 8.42 Å². The lowest BCUT2D eigenvalue weighted by atomic mass is 10.3. The predicted molar refractivity (Wildman–Crippen MR) is 101 cm³/mol. The molecule has 2 rings (SSSR count). The molecular weight excluding hydrogens is 439 g/mol. The number of hydrogen-bond acceptors (Lipinski definition) is 3. The Kier molecular flexibility index (Phi) is 6.14. The number of nitrogens with one attached hydrogen (secondary N) is 1. The van der Waals surface area contributed by atoms with Gasteiger partial charge in [0.25, 0.3) is 0 Å². The molecule has 1 amide bonds. The lowest BCUT2D eigenvalue weighted by Crippen LogP contribution is -2.37. The van der Waals surface area contributed by atoms with E-state index in [9.17, 15) is 13.2 Å². The van der Waals surface area contributed by atoms with Crippen molar-refractivity contribution in [1.82, 2.24) is 0 Å². The first kappa shape index (κ1) is 19.1. The SMILES string of the molecule is CS(=O)(=O)N(CC(=O)Nc1cccc(Cl)c1Cl)c1ccccc1Br. The lowest BCUT2D eigenvalue weighted by molar-refractivity contribution is -0.114. The van der Waals surface area contributed by atoms with Crippen LogP contribution in [0, 0.1) is 0 Å². The second-order valence-electron chi connectivity index (χ2n) is 4.87. The summed E-state index contributed by atoms with van der Waals surface area (Å²) in [4.78, 5) is 12.3. The first-order valence-electron chi connectivity index (χ1n) is 6.66. The summed E-state index contributed by atoms with van der Waals surface area (Å²) in [5.74, 6) is -0.541. The van der Waals surface area contributed by atoms with Crippen LogP contribution < -0.4 is 9.62 Å². The van der Waals surface area contributed by atoms with Gasteiger partial charge in [0.2, 0.25) is 15.9 Å². The van der Waals surface area contributed by atoms with Crippen LogP contribution in [-0.2, 0) is 14.8 Å². The molecule has 0 atom stereocenters. The highest BCUT2D eigenvalue weighted by atomic mass is 79.9. The Morgan fingerprint density at radius 3 is 2.46 bits per heavy atom. The number of anilines is 2. The molecular formula is C15H13BrCl2N2O3S. The fourth-order valence-corrected chi connectivity index (χ4v) is 3.79. The van der Waals surface area contributed by atoms with Crippen LogP contribution >= 0.6 is 39.1 Å². The van der Waals surface area contributed by atoms with Gasteiger partial charge in [-0.15, -0.1) is 0 Å². The highest BCUT2D eigenvalue weighted by Crippen LogP contribution is 2.30. The maximum Gasteiger partial charge on any atom is 0.245 e. The molecule has 24 heavy (non-hydrogen) atoms. The van der Waals surface area contributed by atoms with Crippen LogP contribution in [0.3, 0.4) is 0 Å². The predicted octanol–water partition coefficient (Wildman–Crippen LogP) is 4.16. The van der Waals surface area contributed by atoms with Gasteiger partial charge in [0.15, 0.2) is 0 Å². The monoisotopic (exact) mass is 450 g/mol. The van der Waals surface area contributed by atoms with Crippen LogP contribution in [0.15, 0.2) is 46.9 Å². The summed E-state index contributed by atoms with van der Waals surface area (Å²) >= 11 is 15.2. The van der Waals surface area contributed by atoms with Crippen molar-refractivity contribution >= 4 is 66.4 Å². The standard InChI is InChI=1S/C15H13BrCl2N2O3S/c1-24(22,23)20(13-8-3-2-5-10(13)16)9-14(21)19-12-7-4-6-11(17)15(12)18/h2-8H,9H2,1H3,(H,19,21). The third kappa shape index (κ3) is 4.63. The molecule has 0 saturated heterocycles. The average molecular weight is 452 g/mol. The van der Waals surface area contributed by atoms with E-state index in [1.807, 2.05) is 0 Å². The molecule has 2 aromatic rings.